The molecule has 0 fully saturated rings. The lowest BCUT2D eigenvalue weighted by molar-refractivity contribution is 0.574. The molecule has 2 aromatic heterocycles. The van der Waals surface area contributed by atoms with Gasteiger partial charge in [0.2, 0.25) is 11.0 Å². The number of thioether (sulfide) groups is 1. The van der Waals surface area contributed by atoms with Crippen LogP contribution in [0.4, 0.5) is 0 Å². The maximum Gasteiger partial charge on any atom is 0.218 e. The fourth-order valence-corrected chi connectivity index (χ4v) is 2.91. The third-order valence-corrected chi connectivity index (χ3v) is 4.43. The highest BCUT2D eigenvalue weighted by molar-refractivity contribution is 7.98. The Labute approximate surface area is 133 Å². The van der Waals surface area contributed by atoms with Crippen molar-refractivity contribution in [1.29, 1.82) is 0 Å². The molecule has 22 heavy (non-hydrogen) atoms. The van der Waals surface area contributed by atoms with Crippen molar-refractivity contribution in [2.45, 2.75) is 30.7 Å². The zero-order valence-corrected chi connectivity index (χ0v) is 13.4. The van der Waals surface area contributed by atoms with Crippen LogP contribution in [-0.4, -0.2) is 14.9 Å². The van der Waals surface area contributed by atoms with E-state index in [0.717, 1.165) is 5.75 Å². The second-order valence-electron chi connectivity index (χ2n) is 5.34. The van der Waals surface area contributed by atoms with Gasteiger partial charge < -0.3 is 10.3 Å². The van der Waals surface area contributed by atoms with E-state index in [0.29, 0.717) is 22.7 Å². The monoisotopic (exact) mass is 314 g/mol. The molecule has 6 heteroatoms. The third kappa shape index (κ3) is 3.01. The number of nitrogen functional groups attached to an aromatic ring is 1. The topological polar surface area (TPSA) is 69.9 Å². The summed E-state index contributed by atoms with van der Waals surface area (Å²) in [4.78, 5) is 0. The number of hydrogen-bond acceptors (Lipinski definition) is 5. The third-order valence-electron chi connectivity index (χ3n) is 3.42. The molecule has 2 heterocycles. The molecule has 0 spiro atoms. The molecule has 0 bridgehead atoms. The van der Waals surface area contributed by atoms with Crippen LogP contribution >= 0.6 is 11.8 Å². The molecule has 2 N–H and O–H groups in total. The van der Waals surface area contributed by atoms with E-state index in [2.05, 4.69) is 48.3 Å². The molecule has 114 valence electrons. The fourth-order valence-electron chi connectivity index (χ4n) is 2.10. The van der Waals surface area contributed by atoms with Crippen LogP contribution in [0.25, 0.3) is 11.6 Å². The van der Waals surface area contributed by atoms with Crippen LogP contribution in [0.1, 0.15) is 30.9 Å². The molecule has 0 unspecified atom stereocenters. The molecule has 3 aromatic rings. The maximum absolute atomic E-state index is 6.03. The summed E-state index contributed by atoms with van der Waals surface area (Å²) in [6, 6.07) is 12.2. The van der Waals surface area contributed by atoms with Crippen LogP contribution < -0.4 is 5.84 Å². The summed E-state index contributed by atoms with van der Waals surface area (Å²) >= 11 is 1.56. The van der Waals surface area contributed by atoms with Crippen LogP contribution in [0.3, 0.4) is 0 Å². The SMILES string of the molecule is CC(C)c1ccc(CSc2nnc(-c3ccco3)n2N)cc1. The highest BCUT2D eigenvalue weighted by Gasteiger charge is 2.14. The van der Waals surface area contributed by atoms with Gasteiger partial charge in [-0.3, -0.25) is 0 Å². The number of nitrogens with two attached hydrogens (primary N) is 1. The van der Waals surface area contributed by atoms with Crippen molar-refractivity contribution in [2.75, 3.05) is 5.84 Å². The number of nitrogens with zero attached hydrogens (tertiary/aromatic N) is 3. The lowest BCUT2D eigenvalue weighted by atomic mass is 10.0. The Morgan fingerprint density at radius 3 is 2.59 bits per heavy atom. The van der Waals surface area contributed by atoms with Gasteiger partial charge >= 0.3 is 0 Å². The molecule has 0 saturated heterocycles. The minimum atomic E-state index is 0.530. The van der Waals surface area contributed by atoms with Crippen molar-refractivity contribution in [3.05, 3.63) is 53.8 Å². The summed E-state index contributed by atoms with van der Waals surface area (Å²) in [5.41, 5.74) is 2.58. The maximum atomic E-state index is 6.03. The quantitative estimate of drug-likeness (QED) is 0.575. The zero-order chi connectivity index (χ0) is 15.5. The molecule has 3 rings (SSSR count). The predicted molar refractivity (Wildman–Crippen MR) is 88.0 cm³/mol. The van der Waals surface area contributed by atoms with Gasteiger partial charge in [0.15, 0.2) is 5.76 Å². The van der Waals surface area contributed by atoms with Crippen molar-refractivity contribution >= 4 is 11.8 Å². The van der Waals surface area contributed by atoms with Gasteiger partial charge in [0, 0.05) is 5.75 Å². The number of rotatable bonds is 5. The Kier molecular flexibility index (Phi) is 4.20. The second-order valence-corrected chi connectivity index (χ2v) is 6.28. The van der Waals surface area contributed by atoms with Gasteiger partial charge in [0.25, 0.3) is 0 Å². The number of aromatic nitrogens is 3. The molecule has 0 radical (unpaired) electrons. The Balaban J connectivity index is 1.69. The van der Waals surface area contributed by atoms with Crippen molar-refractivity contribution in [2.24, 2.45) is 0 Å². The van der Waals surface area contributed by atoms with E-state index in [4.69, 9.17) is 10.3 Å². The average molecular weight is 314 g/mol. The predicted octanol–water partition coefficient (Wildman–Crippen LogP) is 3.67. The molecule has 1 aromatic carbocycles. The van der Waals surface area contributed by atoms with E-state index in [9.17, 15) is 0 Å². The van der Waals surface area contributed by atoms with Crippen LogP contribution in [0, 0.1) is 0 Å². The van der Waals surface area contributed by atoms with Crippen LogP contribution in [-0.2, 0) is 5.75 Å². The molecule has 0 aliphatic carbocycles. The Bertz CT molecular complexity index is 732. The molecular formula is C16H18N4OS. The fraction of sp³-hybridized carbons (Fsp3) is 0.250. The van der Waals surface area contributed by atoms with Crippen molar-refractivity contribution < 1.29 is 4.42 Å². The summed E-state index contributed by atoms with van der Waals surface area (Å²) in [7, 11) is 0. The summed E-state index contributed by atoms with van der Waals surface area (Å²) in [5.74, 6) is 8.52. The largest absolute Gasteiger partial charge is 0.461 e. The van der Waals surface area contributed by atoms with Crippen LogP contribution in [0.15, 0.2) is 52.2 Å². The summed E-state index contributed by atoms with van der Waals surface area (Å²) in [5, 5.41) is 8.87. The van der Waals surface area contributed by atoms with Gasteiger partial charge in [0.1, 0.15) is 0 Å². The van der Waals surface area contributed by atoms with E-state index in [1.807, 2.05) is 6.07 Å². The average Bonchev–Trinajstić information content (AvgIpc) is 3.15. The molecule has 0 amide bonds. The van der Waals surface area contributed by atoms with Gasteiger partial charge in [-0.15, -0.1) is 10.2 Å². The minimum Gasteiger partial charge on any atom is -0.461 e. The molecular weight excluding hydrogens is 296 g/mol. The Morgan fingerprint density at radius 1 is 1.18 bits per heavy atom. The number of furan rings is 1. The number of hydrogen-bond donors (Lipinski definition) is 1. The summed E-state index contributed by atoms with van der Waals surface area (Å²) in [6.45, 7) is 4.38. The normalized spacial score (nSPS) is 11.2. The van der Waals surface area contributed by atoms with E-state index in [1.165, 1.54) is 15.8 Å². The summed E-state index contributed by atoms with van der Waals surface area (Å²) in [6.07, 6.45) is 1.59. The first-order valence-corrected chi connectivity index (χ1v) is 8.09. The highest BCUT2D eigenvalue weighted by atomic mass is 32.2. The second kappa shape index (κ2) is 6.27. The van der Waals surface area contributed by atoms with Crippen LogP contribution in [0.2, 0.25) is 0 Å². The lowest BCUT2D eigenvalue weighted by Gasteiger charge is -2.06. The molecule has 0 aliphatic rings. The first-order chi connectivity index (χ1) is 10.6. The van der Waals surface area contributed by atoms with Gasteiger partial charge in [-0.05, 0) is 29.2 Å². The highest BCUT2D eigenvalue weighted by Crippen LogP contribution is 2.25. The molecule has 5 nitrogen and oxygen atoms in total. The van der Waals surface area contributed by atoms with E-state index in [1.54, 1.807) is 24.1 Å². The van der Waals surface area contributed by atoms with Gasteiger partial charge in [-0.1, -0.05) is 49.9 Å². The van der Waals surface area contributed by atoms with Crippen molar-refractivity contribution in [3.63, 3.8) is 0 Å². The van der Waals surface area contributed by atoms with Gasteiger partial charge in [0.05, 0.1) is 6.26 Å². The zero-order valence-electron chi connectivity index (χ0n) is 12.6. The van der Waals surface area contributed by atoms with Crippen LogP contribution in [0.5, 0.6) is 0 Å². The Hall–Kier alpha value is -2.21. The smallest absolute Gasteiger partial charge is 0.218 e. The first kappa shape index (κ1) is 14.7. The molecule has 0 atom stereocenters. The standard InChI is InChI=1S/C16H18N4OS/c1-11(2)13-7-5-12(6-8-13)10-22-16-19-18-15(20(16)17)14-4-3-9-21-14/h3-9,11H,10,17H2,1-2H3. The van der Waals surface area contributed by atoms with Gasteiger partial charge in [-0.25, -0.2) is 4.68 Å². The molecule has 0 saturated carbocycles. The lowest BCUT2D eigenvalue weighted by Crippen LogP contribution is -2.11. The number of benzene rings is 1. The van der Waals surface area contributed by atoms with Gasteiger partial charge in [-0.2, -0.15) is 0 Å². The van der Waals surface area contributed by atoms with Crippen molar-refractivity contribution in [1.82, 2.24) is 14.9 Å². The summed E-state index contributed by atoms with van der Waals surface area (Å²) < 4.78 is 6.76. The van der Waals surface area contributed by atoms with Crippen molar-refractivity contribution in [3.8, 4) is 11.6 Å². The first-order valence-electron chi connectivity index (χ1n) is 7.11. The van der Waals surface area contributed by atoms with E-state index in [-0.39, 0.29) is 0 Å². The van der Waals surface area contributed by atoms with E-state index >= 15 is 0 Å². The minimum absolute atomic E-state index is 0.530. The Morgan fingerprint density at radius 2 is 1.95 bits per heavy atom. The van der Waals surface area contributed by atoms with E-state index < -0.39 is 0 Å². The molecule has 0 aliphatic heterocycles.